The monoisotopic (exact) mass is 197 g/mol. The van der Waals surface area contributed by atoms with Crippen LogP contribution in [0.25, 0.3) is 0 Å². The summed E-state index contributed by atoms with van der Waals surface area (Å²) in [4.78, 5) is 0. The minimum absolute atomic E-state index is 0.449. The van der Waals surface area contributed by atoms with Crippen LogP contribution in [0.2, 0.25) is 0 Å². The van der Waals surface area contributed by atoms with E-state index in [9.17, 15) is 0 Å². The minimum atomic E-state index is 0.449. The molecular weight excluding hydrogens is 174 g/mol. The van der Waals surface area contributed by atoms with Crippen LogP contribution in [0, 0.1) is 5.92 Å². The molecule has 0 amide bonds. The lowest BCUT2D eigenvalue weighted by Gasteiger charge is -2.32. The van der Waals surface area contributed by atoms with E-state index >= 15 is 0 Å². The largest absolute Gasteiger partial charge is 0.378 e. The Hall–Kier alpha value is -0.340. The molecule has 2 atom stereocenters. The van der Waals surface area contributed by atoms with Gasteiger partial charge in [0.25, 0.3) is 0 Å². The Kier molecular flexibility index (Phi) is 5.20. The van der Waals surface area contributed by atoms with Crippen LogP contribution in [-0.2, 0) is 4.74 Å². The Bertz CT molecular complexity index is 168. The first-order chi connectivity index (χ1) is 6.74. The van der Waals surface area contributed by atoms with E-state index in [1.54, 1.807) is 0 Å². The van der Waals surface area contributed by atoms with Gasteiger partial charge in [0.1, 0.15) is 0 Å². The van der Waals surface area contributed by atoms with Crippen LogP contribution < -0.4 is 5.32 Å². The topological polar surface area (TPSA) is 21.3 Å². The van der Waals surface area contributed by atoms with Crippen molar-refractivity contribution in [1.29, 1.82) is 0 Å². The summed E-state index contributed by atoms with van der Waals surface area (Å²) in [5, 5.41) is 3.56. The Morgan fingerprint density at radius 2 is 2.36 bits per heavy atom. The third-order valence-corrected chi connectivity index (χ3v) is 2.84. The maximum absolute atomic E-state index is 5.72. The lowest BCUT2D eigenvalue weighted by molar-refractivity contribution is -0.0241. The zero-order chi connectivity index (χ0) is 10.4. The molecule has 0 radical (unpaired) electrons. The summed E-state index contributed by atoms with van der Waals surface area (Å²) >= 11 is 0. The molecule has 1 aliphatic rings. The maximum Gasteiger partial charge on any atom is 0.0612 e. The van der Waals surface area contributed by atoms with Crippen LogP contribution in [0.5, 0.6) is 0 Å². The van der Waals surface area contributed by atoms with Gasteiger partial charge < -0.3 is 10.1 Å². The van der Waals surface area contributed by atoms with Crippen molar-refractivity contribution in [1.82, 2.24) is 5.32 Å². The highest BCUT2D eigenvalue weighted by Crippen LogP contribution is 2.19. The van der Waals surface area contributed by atoms with Crippen LogP contribution >= 0.6 is 0 Å². The van der Waals surface area contributed by atoms with Gasteiger partial charge in [-0.3, -0.25) is 0 Å². The predicted molar refractivity (Wildman–Crippen MR) is 60.4 cm³/mol. The summed E-state index contributed by atoms with van der Waals surface area (Å²) in [5.41, 5.74) is 0. The van der Waals surface area contributed by atoms with Gasteiger partial charge in [0.2, 0.25) is 0 Å². The molecule has 2 unspecified atom stereocenters. The molecule has 2 heteroatoms. The normalized spacial score (nSPS) is 27.9. The van der Waals surface area contributed by atoms with Gasteiger partial charge in [-0.1, -0.05) is 19.9 Å². The predicted octanol–water partition coefficient (Wildman–Crippen LogP) is 2.36. The molecule has 82 valence electrons. The second kappa shape index (κ2) is 6.20. The van der Waals surface area contributed by atoms with E-state index < -0.39 is 0 Å². The molecule has 0 bridgehead atoms. The number of rotatable bonds is 5. The van der Waals surface area contributed by atoms with E-state index in [2.05, 4.69) is 25.7 Å². The fourth-order valence-corrected chi connectivity index (χ4v) is 1.87. The van der Waals surface area contributed by atoms with Crippen molar-refractivity contribution >= 4 is 0 Å². The zero-order valence-corrected chi connectivity index (χ0v) is 9.46. The summed E-state index contributed by atoms with van der Waals surface area (Å²) in [5.74, 6) is 0.638. The molecule has 1 aliphatic heterocycles. The maximum atomic E-state index is 5.72. The van der Waals surface area contributed by atoms with Crippen molar-refractivity contribution in [3.05, 3.63) is 12.7 Å². The second-order valence-corrected chi connectivity index (χ2v) is 4.41. The number of hydrogen-bond donors (Lipinski definition) is 1. The Labute approximate surface area is 87.7 Å². The lowest BCUT2D eigenvalue weighted by Crippen LogP contribution is -2.41. The summed E-state index contributed by atoms with van der Waals surface area (Å²) in [6.07, 6.45) is 5.79. The Morgan fingerprint density at radius 1 is 1.57 bits per heavy atom. The van der Waals surface area contributed by atoms with E-state index in [0.717, 1.165) is 32.4 Å². The van der Waals surface area contributed by atoms with Crippen molar-refractivity contribution in [2.24, 2.45) is 5.92 Å². The minimum Gasteiger partial charge on any atom is -0.378 e. The Morgan fingerprint density at radius 3 is 3.00 bits per heavy atom. The van der Waals surface area contributed by atoms with Gasteiger partial charge in [-0.25, -0.2) is 0 Å². The van der Waals surface area contributed by atoms with Crippen molar-refractivity contribution in [2.75, 3.05) is 13.2 Å². The molecule has 0 spiro atoms. The van der Waals surface area contributed by atoms with Crippen molar-refractivity contribution in [2.45, 2.75) is 45.3 Å². The van der Waals surface area contributed by atoms with Crippen molar-refractivity contribution in [3.8, 4) is 0 Å². The summed E-state index contributed by atoms with van der Waals surface area (Å²) in [6.45, 7) is 10.2. The fourth-order valence-electron chi connectivity index (χ4n) is 1.87. The standard InChI is InChI=1S/C12H23NO/c1-4-5-7-13-11-6-8-14-12(9-11)10(2)3/h4,10-13H,1,5-9H2,2-3H3. The third kappa shape index (κ3) is 3.81. The quantitative estimate of drug-likeness (QED) is 0.539. The number of ether oxygens (including phenoxy) is 1. The van der Waals surface area contributed by atoms with Crippen molar-refractivity contribution < 1.29 is 4.74 Å². The molecule has 1 N–H and O–H groups in total. The molecule has 1 saturated heterocycles. The van der Waals surface area contributed by atoms with E-state index in [1.165, 1.54) is 0 Å². The molecule has 0 aromatic carbocycles. The molecule has 14 heavy (non-hydrogen) atoms. The second-order valence-electron chi connectivity index (χ2n) is 4.41. The summed E-state index contributed by atoms with van der Waals surface area (Å²) < 4.78 is 5.72. The van der Waals surface area contributed by atoms with Crippen molar-refractivity contribution in [3.63, 3.8) is 0 Å². The van der Waals surface area contributed by atoms with E-state index in [0.29, 0.717) is 18.1 Å². The fraction of sp³-hybridized carbons (Fsp3) is 0.833. The van der Waals surface area contributed by atoms with Gasteiger partial charge in [-0.15, -0.1) is 6.58 Å². The first-order valence-corrected chi connectivity index (χ1v) is 5.70. The first kappa shape index (κ1) is 11.7. The van der Waals surface area contributed by atoms with Crippen LogP contribution in [0.4, 0.5) is 0 Å². The van der Waals surface area contributed by atoms with Crippen LogP contribution in [-0.4, -0.2) is 25.3 Å². The average Bonchev–Trinajstić information content (AvgIpc) is 2.19. The smallest absolute Gasteiger partial charge is 0.0612 e. The van der Waals surface area contributed by atoms with Gasteiger partial charge in [-0.2, -0.15) is 0 Å². The molecular formula is C12H23NO. The number of nitrogens with one attached hydrogen (secondary N) is 1. The van der Waals surface area contributed by atoms with Crippen LogP contribution in [0.3, 0.4) is 0 Å². The number of hydrogen-bond acceptors (Lipinski definition) is 2. The van der Waals surface area contributed by atoms with Gasteiger partial charge in [0.15, 0.2) is 0 Å². The van der Waals surface area contributed by atoms with Gasteiger partial charge in [0, 0.05) is 12.6 Å². The van der Waals surface area contributed by atoms with E-state index in [4.69, 9.17) is 4.74 Å². The van der Waals surface area contributed by atoms with Crippen LogP contribution in [0.15, 0.2) is 12.7 Å². The molecule has 0 aromatic heterocycles. The Balaban J connectivity index is 2.22. The van der Waals surface area contributed by atoms with Crippen LogP contribution in [0.1, 0.15) is 33.1 Å². The van der Waals surface area contributed by atoms with E-state index in [1.807, 2.05) is 6.08 Å². The first-order valence-electron chi connectivity index (χ1n) is 5.70. The molecule has 1 heterocycles. The van der Waals surface area contributed by atoms with Gasteiger partial charge >= 0.3 is 0 Å². The average molecular weight is 197 g/mol. The molecule has 1 rings (SSSR count). The summed E-state index contributed by atoms with van der Waals surface area (Å²) in [7, 11) is 0. The highest BCUT2D eigenvalue weighted by Gasteiger charge is 2.23. The molecule has 2 nitrogen and oxygen atoms in total. The highest BCUT2D eigenvalue weighted by molar-refractivity contribution is 4.79. The SMILES string of the molecule is C=CCCNC1CCOC(C(C)C)C1. The lowest BCUT2D eigenvalue weighted by atomic mass is 9.95. The van der Waals surface area contributed by atoms with E-state index in [-0.39, 0.29) is 0 Å². The molecule has 0 aliphatic carbocycles. The molecule has 0 saturated carbocycles. The highest BCUT2D eigenvalue weighted by atomic mass is 16.5. The molecule has 1 fully saturated rings. The van der Waals surface area contributed by atoms with Gasteiger partial charge in [0.05, 0.1) is 6.10 Å². The zero-order valence-electron chi connectivity index (χ0n) is 9.46. The third-order valence-electron chi connectivity index (χ3n) is 2.84. The van der Waals surface area contributed by atoms with Gasteiger partial charge in [-0.05, 0) is 31.7 Å². The molecule has 0 aromatic rings. The summed E-state index contributed by atoms with van der Waals surface area (Å²) in [6, 6.07) is 0.649.